The van der Waals surface area contributed by atoms with Crippen molar-refractivity contribution in [2.75, 3.05) is 5.75 Å². The topological polar surface area (TPSA) is 34.4 Å². The van der Waals surface area contributed by atoms with E-state index in [0.717, 1.165) is 28.1 Å². The first-order chi connectivity index (χ1) is 12.8. The summed E-state index contributed by atoms with van der Waals surface area (Å²) >= 11 is 3.35. The zero-order valence-corrected chi connectivity index (χ0v) is 16.1. The normalized spacial score (nSPS) is 11.6. The van der Waals surface area contributed by atoms with E-state index in [1.807, 2.05) is 46.7 Å². The van der Waals surface area contributed by atoms with Crippen LogP contribution in [0.2, 0.25) is 0 Å². The molecule has 3 nitrogen and oxygen atoms in total. The van der Waals surface area contributed by atoms with Gasteiger partial charge in [-0.2, -0.15) is 16.8 Å². The van der Waals surface area contributed by atoms with Crippen molar-refractivity contribution in [3.05, 3.63) is 65.0 Å². The molecule has 1 amide bonds. The molecule has 0 bridgehead atoms. The fraction of sp³-hybridized carbons (Fsp3) is 0.238. The van der Waals surface area contributed by atoms with Crippen LogP contribution < -0.4 is 4.80 Å². The molecular formula is C21H20N2OS2. The summed E-state index contributed by atoms with van der Waals surface area (Å²) in [5.74, 6) is 4.49. The van der Waals surface area contributed by atoms with Crippen molar-refractivity contribution in [2.24, 2.45) is 4.99 Å². The molecular weight excluding hydrogens is 360 g/mol. The van der Waals surface area contributed by atoms with Crippen molar-refractivity contribution < 1.29 is 4.79 Å². The minimum Gasteiger partial charge on any atom is -0.305 e. The quantitative estimate of drug-likeness (QED) is 0.447. The molecule has 0 saturated heterocycles. The number of carbonyl (C=O) groups excluding carboxylic acids is 1. The third kappa shape index (κ3) is 4.87. The van der Waals surface area contributed by atoms with Crippen LogP contribution in [-0.4, -0.2) is 16.2 Å². The molecule has 0 spiro atoms. The van der Waals surface area contributed by atoms with Crippen LogP contribution in [0.1, 0.15) is 18.4 Å². The maximum Gasteiger partial charge on any atom is 0.248 e. The van der Waals surface area contributed by atoms with Crippen molar-refractivity contribution in [3.8, 4) is 12.3 Å². The number of thiazole rings is 1. The highest BCUT2D eigenvalue weighted by atomic mass is 32.2. The monoisotopic (exact) mass is 380 g/mol. The van der Waals surface area contributed by atoms with E-state index in [9.17, 15) is 4.79 Å². The summed E-state index contributed by atoms with van der Waals surface area (Å²) in [5, 5.41) is 0. The molecule has 2 aromatic carbocycles. The van der Waals surface area contributed by atoms with Crippen LogP contribution in [0.3, 0.4) is 0 Å². The molecule has 0 aliphatic heterocycles. The van der Waals surface area contributed by atoms with Gasteiger partial charge in [0.05, 0.1) is 16.8 Å². The van der Waals surface area contributed by atoms with E-state index in [0.29, 0.717) is 17.8 Å². The standard InChI is InChI=1S/C21H20N2OS2/c1-2-14-23-18-11-6-7-12-19(18)26-21(23)22-20(24)13-8-15-25-16-17-9-4-3-5-10-17/h1,3-7,9-12H,8,13-16H2. The molecule has 0 atom stereocenters. The smallest absolute Gasteiger partial charge is 0.248 e. The number of aromatic nitrogens is 1. The predicted octanol–water partition coefficient (Wildman–Crippen LogP) is 4.48. The first-order valence-corrected chi connectivity index (χ1v) is 10.5. The number of amides is 1. The average Bonchev–Trinajstić information content (AvgIpc) is 3.00. The van der Waals surface area contributed by atoms with Gasteiger partial charge in [-0.25, -0.2) is 0 Å². The lowest BCUT2D eigenvalue weighted by Crippen LogP contribution is -2.16. The molecule has 26 heavy (non-hydrogen) atoms. The molecule has 0 fully saturated rings. The minimum atomic E-state index is -0.0809. The second-order valence-corrected chi connectivity index (χ2v) is 7.90. The van der Waals surface area contributed by atoms with Gasteiger partial charge in [0.2, 0.25) is 5.91 Å². The maximum absolute atomic E-state index is 12.2. The third-order valence-electron chi connectivity index (χ3n) is 3.85. The zero-order chi connectivity index (χ0) is 18.2. The summed E-state index contributed by atoms with van der Waals surface area (Å²) in [7, 11) is 0. The zero-order valence-electron chi connectivity index (χ0n) is 14.4. The van der Waals surface area contributed by atoms with Crippen LogP contribution in [0.15, 0.2) is 59.6 Å². The highest BCUT2D eigenvalue weighted by molar-refractivity contribution is 7.98. The number of terminal acetylenes is 1. The molecule has 5 heteroatoms. The summed E-state index contributed by atoms with van der Waals surface area (Å²) < 4.78 is 3.02. The lowest BCUT2D eigenvalue weighted by molar-refractivity contribution is -0.118. The average molecular weight is 381 g/mol. The first-order valence-electron chi connectivity index (χ1n) is 8.49. The van der Waals surface area contributed by atoms with Gasteiger partial charge >= 0.3 is 0 Å². The van der Waals surface area contributed by atoms with E-state index >= 15 is 0 Å². The van der Waals surface area contributed by atoms with Gasteiger partial charge in [-0.05, 0) is 29.9 Å². The fourth-order valence-electron chi connectivity index (χ4n) is 2.60. The molecule has 0 aliphatic carbocycles. The highest BCUT2D eigenvalue weighted by Crippen LogP contribution is 2.17. The first kappa shape index (κ1) is 18.5. The second kappa shape index (κ2) is 9.42. The van der Waals surface area contributed by atoms with E-state index in [1.165, 1.54) is 16.9 Å². The Hall–Kier alpha value is -2.29. The van der Waals surface area contributed by atoms with E-state index in [-0.39, 0.29) is 5.91 Å². The van der Waals surface area contributed by atoms with Crippen LogP contribution in [0, 0.1) is 12.3 Å². The molecule has 0 saturated carbocycles. The Labute approximate surface area is 161 Å². The van der Waals surface area contributed by atoms with Gasteiger partial charge in [-0.3, -0.25) is 4.79 Å². The number of thioether (sulfide) groups is 1. The van der Waals surface area contributed by atoms with Crippen LogP contribution in [0.5, 0.6) is 0 Å². The Kier molecular flexibility index (Phi) is 6.70. The van der Waals surface area contributed by atoms with Crippen molar-refractivity contribution in [1.82, 2.24) is 4.57 Å². The summed E-state index contributed by atoms with van der Waals surface area (Å²) in [6.07, 6.45) is 6.77. The number of hydrogen-bond acceptors (Lipinski definition) is 3. The van der Waals surface area contributed by atoms with Gasteiger partial charge in [0.25, 0.3) is 0 Å². The van der Waals surface area contributed by atoms with Crippen LogP contribution in [-0.2, 0) is 17.1 Å². The number of rotatable bonds is 7. The number of para-hydroxylation sites is 1. The predicted molar refractivity (Wildman–Crippen MR) is 111 cm³/mol. The van der Waals surface area contributed by atoms with Crippen molar-refractivity contribution in [2.45, 2.75) is 25.1 Å². The third-order valence-corrected chi connectivity index (χ3v) is 6.02. The SMILES string of the molecule is C#CCn1c(=NC(=O)CCCSCc2ccccc2)sc2ccccc21. The maximum atomic E-state index is 12.2. The lowest BCUT2D eigenvalue weighted by Gasteiger charge is -2.01. The second-order valence-electron chi connectivity index (χ2n) is 5.79. The summed E-state index contributed by atoms with van der Waals surface area (Å²) in [6, 6.07) is 18.4. The van der Waals surface area contributed by atoms with Crippen LogP contribution >= 0.6 is 23.1 Å². The number of fused-ring (bicyclic) bond motifs is 1. The molecule has 0 aliphatic rings. The minimum absolute atomic E-state index is 0.0809. The van der Waals surface area contributed by atoms with E-state index in [1.54, 1.807) is 0 Å². The Balaban J connectivity index is 1.58. The number of nitrogens with zero attached hydrogens (tertiary/aromatic N) is 2. The van der Waals surface area contributed by atoms with Crippen LogP contribution in [0.4, 0.5) is 0 Å². The van der Waals surface area contributed by atoms with Crippen molar-refractivity contribution in [3.63, 3.8) is 0 Å². The fourth-order valence-corrected chi connectivity index (χ4v) is 4.57. The molecule has 3 aromatic rings. The van der Waals surface area contributed by atoms with Gasteiger partial charge < -0.3 is 4.57 Å². The van der Waals surface area contributed by atoms with Gasteiger partial charge in [0, 0.05) is 12.2 Å². The molecule has 0 radical (unpaired) electrons. The Bertz CT molecular complexity index is 980. The number of hydrogen-bond donors (Lipinski definition) is 0. The highest BCUT2D eigenvalue weighted by Gasteiger charge is 2.06. The molecule has 1 heterocycles. The van der Waals surface area contributed by atoms with Gasteiger partial charge in [0.1, 0.15) is 0 Å². The molecule has 1 aromatic heterocycles. The van der Waals surface area contributed by atoms with Gasteiger partial charge in [-0.15, -0.1) is 6.42 Å². The van der Waals surface area contributed by atoms with E-state index < -0.39 is 0 Å². The number of carbonyl (C=O) groups is 1. The van der Waals surface area contributed by atoms with Crippen LogP contribution in [0.25, 0.3) is 10.2 Å². The van der Waals surface area contributed by atoms with Crippen molar-refractivity contribution >= 4 is 39.2 Å². The Morgan fingerprint density at radius 2 is 1.92 bits per heavy atom. The molecule has 132 valence electrons. The van der Waals surface area contributed by atoms with Gasteiger partial charge in [0.15, 0.2) is 4.80 Å². The molecule has 0 N–H and O–H groups in total. The van der Waals surface area contributed by atoms with Crippen molar-refractivity contribution in [1.29, 1.82) is 0 Å². The molecule has 0 unspecified atom stereocenters. The summed E-state index contributed by atoms with van der Waals surface area (Å²) in [4.78, 5) is 17.2. The Morgan fingerprint density at radius 1 is 1.15 bits per heavy atom. The summed E-state index contributed by atoms with van der Waals surface area (Å²) in [5.41, 5.74) is 2.34. The van der Waals surface area contributed by atoms with Gasteiger partial charge in [-0.1, -0.05) is 59.7 Å². The summed E-state index contributed by atoms with van der Waals surface area (Å²) in [6.45, 7) is 0.420. The lowest BCUT2D eigenvalue weighted by atomic mass is 10.2. The van der Waals surface area contributed by atoms with E-state index in [2.05, 4.69) is 35.2 Å². The largest absolute Gasteiger partial charge is 0.305 e. The number of benzene rings is 2. The Morgan fingerprint density at radius 3 is 2.73 bits per heavy atom. The van der Waals surface area contributed by atoms with E-state index in [4.69, 9.17) is 6.42 Å². The molecule has 3 rings (SSSR count).